The standard InChI is InChI=1S/C13H17BrFNO2/c1-18-13-8(6-9-4-2-3-5-16-9)7-10(14)12(17)11(13)15/h7,9,16-17H,2-6H2,1H3. The van der Waals surface area contributed by atoms with Crippen molar-refractivity contribution >= 4 is 15.9 Å². The van der Waals surface area contributed by atoms with Crippen LogP contribution < -0.4 is 10.1 Å². The zero-order chi connectivity index (χ0) is 13.1. The average Bonchev–Trinajstić information content (AvgIpc) is 2.38. The molecule has 0 spiro atoms. The molecule has 0 saturated carbocycles. The molecule has 2 N–H and O–H groups in total. The molecule has 1 unspecified atom stereocenters. The van der Waals surface area contributed by atoms with Crippen LogP contribution in [0.15, 0.2) is 10.5 Å². The van der Waals surface area contributed by atoms with E-state index in [0.717, 1.165) is 18.5 Å². The van der Waals surface area contributed by atoms with Gasteiger partial charge in [-0.15, -0.1) is 0 Å². The molecule has 1 aliphatic heterocycles. The predicted octanol–water partition coefficient (Wildman–Crippen LogP) is 2.99. The topological polar surface area (TPSA) is 41.5 Å². The fraction of sp³-hybridized carbons (Fsp3) is 0.538. The lowest BCUT2D eigenvalue weighted by Crippen LogP contribution is -2.35. The molecule has 2 rings (SSSR count). The number of phenolic OH excluding ortho intramolecular Hbond substituents is 1. The van der Waals surface area contributed by atoms with E-state index in [0.29, 0.717) is 16.9 Å². The molecule has 1 aromatic carbocycles. The molecule has 1 saturated heterocycles. The molecule has 1 aromatic rings. The van der Waals surface area contributed by atoms with Gasteiger partial charge >= 0.3 is 0 Å². The number of hydrogen-bond acceptors (Lipinski definition) is 3. The zero-order valence-electron chi connectivity index (χ0n) is 10.3. The maximum atomic E-state index is 13.9. The summed E-state index contributed by atoms with van der Waals surface area (Å²) in [7, 11) is 1.42. The number of ether oxygens (including phenoxy) is 1. The predicted molar refractivity (Wildman–Crippen MR) is 71.7 cm³/mol. The fourth-order valence-electron chi connectivity index (χ4n) is 2.38. The van der Waals surface area contributed by atoms with Crippen molar-refractivity contribution in [1.29, 1.82) is 0 Å². The largest absolute Gasteiger partial charge is 0.504 e. The van der Waals surface area contributed by atoms with Gasteiger partial charge in [0.05, 0.1) is 11.6 Å². The normalized spacial score (nSPS) is 19.8. The van der Waals surface area contributed by atoms with Crippen molar-refractivity contribution in [2.75, 3.05) is 13.7 Å². The van der Waals surface area contributed by atoms with Crippen molar-refractivity contribution in [2.45, 2.75) is 31.7 Å². The molecular weight excluding hydrogens is 301 g/mol. The van der Waals surface area contributed by atoms with E-state index < -0.39 is 11.6 Å². The van der Waals surface area contributed by atoms with Crippen molar-refractivity contribution in [2.24, 2.45) is 0 Å². The summed E-state index contributed by atoms with van der Waals surface area (Å²) in [6.07, 6.45) is 4.19. The highest BCUT2D eigenvalue weighted by atomic mass is 79.9. The summed E-state index contributed by atoms with van der Waals surface area (Å²) in [6, 6.07) is 2.08. The lowest BCUT2D eigenvalue weighted by atomic mass is 9.97. The Kier molecular flexibility index (Phi) is 4.45. The summed E-state index contributed by atoms with van der Waals surface area (Å²) in [5.74, 6) is -0.951. The Hall–Kier alpha value is -0.810. The first kappa shape index (κ1) is 13.6. The van der Waals surface area contributed by atoms with Gasteiger partial charge in [0.15, 0.2) is 11.5 Å². The summed E-state index contributed by atoms with van der Waals surface area (Å²) >= 11 is 3.16. The van der Waals surface area contributed by atoms with Crippen LogP contribution in [-0.4, -0.2) is 24.8 Å². The summed E-state index contributed by atoms with van der Waals surface area (Å²) in [4.78, 5) is 0. The van der Waals surface area contributed by atoms with Crippen LogP contribution in [0.25, 0.3) is 0 Å². The highest BCUT2D eigenvalue weighted by Gasteiger charge is 2.21. The molecule has 1 aliphatic rings. The van der Waals surface area contributed by atoms with Crippen LogP contribution in [0.4, 0.5) is 4.39 Å². The summed E-state index contributed by atoms with van der Waals surface area (Å²) in [5, 5.41) is 12.9. The molecule has 100 valence electrons. The molecule has 3 nitrogen and oxygen atoms in total. The van der Waals surface area contributed by atoms with E-state index in [4.69, 9.17) is 4.74 Å². The molecule has 0 amide bonds. The second kappa shape index (κ2) is 5.89. The van der Waals surface area contributed by atoms with Crippen LogP contribution >= 0.6 is 15.9 Å². The number of phenols is 1. The molecule has 0 aromatic heterocycles. The van der Waals surface area contributed by atoms with Crippen LogP contribution in [0, 0.1) is 5.82 Å². The number of piperidine rings is 1. The Morgan fingerprint density at radius 1 is 1.56 bits per heavy atom. The van der Waals surface area contributed by atoms with Gasteiger partial charge in [-0.25, -0.2) is 0 Å². The first-order valence-corrected chi connectivity index (χ1v) is 6.90. The lowest BCUT2D eigenvalue weighted by molar-refractivity contribution is 0.350. The number of nitrogens with one attached hydrogen (secondary N) is 1. The smallest absolute Gasteiger partial charge is 0.208 e. The quantitative estimate of drug-likeness (QED) is 0.900. The number of hydrogen-bond donors (Lipinski definition) is 2. The number of halogens is 2. The van der Waals surface area contributed by atoms with Gasteiger partial charge in [0.25, 0.3) is 0 Å². The van der Waals surface area contributed by atoms with Crippen molar-refractivity contribution in [3.63, 3.8) is 0 Å². The number of benzene rings is 1. The van der Waals surface area contributed by atoms with Crippen molar-refractivity contribution < 1.29 is 14.2 Å². The van der Waals surface area contributed by atoms with Crippen molar-refractivity contribution in [3.05, 3.63) is 21.9 Å². The molecule has 1 heterocycles. The average molecular weight is 318 g/mol. The van der Waals surface area contributed by atoms with E-state index in [2.05, 4.69) is 21.2 Å². The van der Waals surface area contributed by atoms with Gasteiger partial charge in [-0.2, -0.15) is 4.39 Å². The highest BCUT2D eigenvalue weighted by molar-refractivity contribution is 9.10. The van der Waals surface area contributed by atoms with Crippen LogP contribution in [-0.2, 0) is 6.42 Å². The maximum absolute atomic E-state index is 13.9. The molecule has 5 heteroatoms. The van der Waals surface area contributed by atoms with Crippen molar-refractivity contribution in [1.82, 2.24) is 5.32 Å². The fourth-order valence-corrected chi connectivity index (χ4v) is 2.83. The first-order valence-electron chi connectivity index (χ1n) is 6.10. The van der Waals surface area contributed by atoms with E-state index in [1.54, 1.807) is 6.07 Å². The monoisotopic (exact) mass is 317 g/mol. The van der Waals surface area contributed by atoms with Crippen LogP contribution in [0.5, 0.6) is 11.5 Å². The molecule has 0 radical (unpaired) electrons. The van der Waals surface area contributed by atoms with Gasteiger partial charge < -0.3 is 15.2 Å². The first-order chi connectivity index (χ1) is 8.63. The third-order valence-corrected chi connectivity index (χ3v) is 3.91. The van der Waals surface area contributed by atoms with Gasteiger partial charge in [-0.1, -0.05) is 6.42 Å². The highest BCUT2D eigenvalue weighted by Crippen LogP contribution is 2.37. The van der Waals surface area contributed by atoms with E-state index in [1.165, 1.54) is 20.0 Å². The van der Waals surface area contributed by atoms with Gasteiger partial charge in [0.1, 0.15) is 0 Å². The van der Waals surface area contributed by atoms with Crippen LogP contribution in [0.2, 0.25) is 0 Å². The van der Waals surface area contributed by atoms with Gasteiger partial charge in [-0.05, 0) is 47.8 Å². The minimum Gasteiger partial charge on any atom is -0.504 e. The zero-order valence-corrected chi connectivity index (χ0v) is 11.9. The van der Waals surface area contributed by atoms with E-state index in [9.17, 15) is 9.50 Å². The maximum Gasteiger partial charge on any atom is 0.208 e. The van der Waals surface area contributed by atoms with Crippen LogP contribution in [0.3, 0.4) is 0 Å². The lowest BCUT2D eigenvalue weighted by Gasteiger charge is -2.24. The number of rotatable bonds is 3. The van der Waals surface area contributed by atoms with E-state index in [-0.39, 0.29) is 5.75 Å². The summed E-state index contributed by atoms with van der Waals surface area (Å²) < 4.78 is 19.3. The SMILES string of the molecule is COc1c(CC2CCCCN2)cc(Br)c(O)c1F. The minimum absolute atomic E-state index is 0.142. The number of aromatic hydroxyl groups is 1. The Morgan fingerprint density at radius 3 is 2.94 bits per heavy atom. The van der Waals surface area contributed by atoms with Gasteiger partial charge in [0.2, 0.25) is 5.82 Å². The minimum atomic E-state index is -0.697. The second-order valence-corrected chi connectivity index (χ2v) is 5.42. The molecular formula is C13H17BrFNO2. The summed E-state index contributed by atoms with van der Waals surface area (Å²) in [5.41, 5.74) is 0.777. The molecule has 0 aliphatic carbocycles. The molecule has 18 heavy (non-hydrogen) atoms. The van der Waals surface area contributed by atoms with E-state index >= 15 is 0 Å². The molecule has 1 fully saturated rings. The van der Waals surface area contributed by atoms with E-state index in [1.807, 2.05) is 0 Å². The molecule has 0 bridgehead atoms. The Labute approximate surface area is 114 Å². The van der Waals surface area contributed by atoms with Gasteiger partial charge in [0, 0.05) is 11.6 Å². The Balaban J connectivity index is 2.25. The Bertz CT molecular complexity index is 433. The number of methoxy groups -OCH3 is 1. The van der Waals surface area contributed by atoms with Crippen LogP contribution in [0.1, 0.15) is 24.8 Å². The second-order valence-electron chi connectivity index (χ2n) is 4.56. The molecule has 1 atom stereocenters. The third-order valence-electron chi connectivity index (χ3n) is 3.31. The van der Waals surface area contributed by atoms with Crippen molar-refractivity contribution in [3.8, 4) is 11.5 Å². The Morgan fingerprint density at radius 2 is 2.33 bits per heavy atom. The summed E-state index contributed by atoms with van der Waals surface area (Å²) in [6.45, 7) is 1.01. The van der Waals surface area contributed by atoms with Gasteiger partial charge in [-0.3, -0.25) is 0 Å². The third kappa shape index (κ3) is 2.78.